The van der Waals surface area contributed by atoms with Crippen molar-refractivity contribution >= 4 is 15.7 Å². The van der Waals surface area contributed by atoms with Crippen molar-refractivity contribution in [1.82, 2.24) is 15.1 Å². The highest BCUT2D eigenvalue weighted by molar-refractivity contribution is 7.92. The highest BCUT2D eigenvalue weighted by Crippen LogP contribution is 2.40. The van der Waals surface area contributed by atoms with Crippen LogP contribution in [-0.2, 0) is 16.4 Å². The molecule has 4 aliphatic rings. The molecular weight excluding hydrogens is 452 g/mol. The number of aromatic nitrogens is 2. The van der Waals surface area contributed by atoms with E-state index in [-0.39, 0.29) is 10.3 Å². The number of nitrogens with one attached hydrogen (secondary N) is 1. The molecule has 2 saturated carbocycles. The fourth-order valence-corrected chi connectivity index (χ4v) is 7.95. The minimum Gasteiger partial charge on any atom is -0.454 e. The highest BCUT2D eigenvalue weighted by atomic mass is 32.2. The van der Waals surface area contributed by atoms with Crippen LogP contribution in [0.3, 0.4) is 0 Å². The maximum atomic E-state index is 12.9. The molecule has 3 fully saturated rings. The lowest BCUT2D eigenvalue weighted by molar-refractivity contribution is 0.174. The minimum absolute atomic E-state index is 0.118. The Kier molecular flexibility index (Phi) is 5.85. The molecule has 2 aliphatic carbocycles. The van der Waals surface area contributed by atoms with Crippen molar-refractivity contribution in [3.63, 3.8) is 0 Å². The third-order valence-electron chi connectivity index (χ3n) is 7.94. The fraction of sp³-hybridized carbons (Fsp3) is 0.600. The number of fused-ring (bicyclic) bond motifs is 2. The molecule has 9 heteroatoms. The Labute approximate surface area is 201 Å². The van der Waals surface area contributed by atoms with Crippen molar-refractivity contribution in [2.24, 2.45) is 11.8 Å². The van der Waals surface area contributed by atoms with Crippen LogP contribution in [0, 0.1) is 11.8 Å². The van der Waals surface area contributed by atoms with E-state index in [0.29, 0.717) is 30.5 Å². The van der Waals surface area contributed by atoms with E-state index < -0.39 is 9.84 Å². The van der Waals surface area contributed by atoms with Crippen LogP contribution in [0.1, 0.15) is 50.5 Å². The zero-order chi connectivity index (χ0) is 23.1. The van der Waals surface area contributed by atoms with Crippen molar-refractivity contribution in [3.8, 4) is 11.5 Å². The molecule has 182 valence electrons. The summed E-state index contributed by atoms with van der Waals surface area (Å²) in [7, 11) is -3.38. The predicted molar refractivity (Wildman–Crippen MR) is 128 cm³/mol. The second-order valence-corrected chi connectivity index (χ2v) is 12.5. The van der Waals surface area contributed by atoms with Gasteiger partial charge in [-0.25, -0.2) is 8.42 Å². The predicted octanol–water partition coefficient (Wildman–Crippen LogP) is 3.63. The fourth-order valence-electron chi connectivity index (χ4n) is 6.25. The number of sulfone groups is 1. The van der Waals surface area contributed by atoms with Gasteiger partial charge < -0.3 is 14.8 Å². The third-order valence-corrected chi connectivity index (χ3v) is 10.1. The molecule has 3 heterocycles. The van der Waals surface area contributed by atoms with Crippen molar-refractivity contribution in [2.75, 3.05) is 25.2 Å². The SMILES string of the molecule is O=S(=O)(c1ccc(N[C@@H]2CC3CN(Cc4ccc5c(c4)OCO5)C[C@H]3C2)nn1)C1CCCCC1. The Bertz CT molecular complexity index is 1120. The zero-order valence-corrected chi connectivity index (χ0v) is 20.2. The summed E-state index contributed by atoms with van der Waals surface area (Å²) >= 11 is 0. The molecular formula is C25H32N4O4S. The molecule has 2 aromatic rings. The number of anilines is 1. The molecule has 2 aliphatic heterocycles. The van der Waals surface area contributed by atoms with Gasteiger partial charge in [0, 0.05) is 25.7 Å². The molecule has 8 nitrogen and oxygen atoms in total. The summed E-state index contributed by atoms with van der Waals surface area (Å²) in [5, 5.41) is 11.6. The van der Waals surface area contributed by atoms with E-state index in [1.54, 1.807) is 12.1 Å². The number of hydrogen-bond acceptors (Lipinski definition) is 8. The van der Waals surface area contributed by atoms with E-state index in [1.807, 2.05) is 6.07 Å². The van der Waals surface area contributed by atoms with Crippen LogP contribution in [0.15, 0.2) is 35.4 Å². The molecule has 3 atom stereocenters. The van der Waals surface area contributed by atoms with E-state index in [4.69, 9.17) is 9.47 Å². The molecule has 0 bridgehead atoms. The molecule has 1 aromatic heterocycles. The Morgan fingerprint density at radius 3 is 2.44 bits per heavy atom. The van der Waals surface area contributed by atoms with Gasteiger partial charge in [-0.3, -0.25) is 4.90 Å². The summed E-state index contributed by atoms with van der Waals surface area (Å²) in [6.07, 6.45) is 6.77. The lowest BCUT2D eigenvalue weighted by atomic mass is 10.0. The van der Waals surface area contributed by atoms with Crippen LogP contribution in [-0.4, -0.2) is 54.7 Å². The van der Waals surface area contributed by atoms with Gasteiger partial charge in [0.25, 0.3) is 0 Å². The average molecular weight is 485 g/mol. The van der Waals surface area contributed by atoms with Crippen molar-refractivity contribution in [1.29, 1.82) is 0 Å². The van der Waals surface area contributed by atoms with E-state index in [1.165, 1.54) is 5.56 Å². The maximum absolute atomic E-state index is 12.9. The molecule has 6 rings (SSSR count). The van der Waals surface area contributed by atoms with E-state index >= 15 is 0 Å². The Balaban J connectivity index is 1.02. The molecule has 0 radical (unpaired) electrons. The van der Waals surface area contributed by atoms with Gasteiger partial charge in [0.1, 0.15) is 5.82 Å². The van der Waals surface area contributed by atoms with Gasteiger partial charge in [0.05, 0.1) is 5.25 Å². The molecule has 0 spiro atoms. The summed E-state index contributed by atoms with van der Waals surface area (Å²) in [5.74, 6) is 3.69. The van der Waals surface area contributed by atoms with Crippen molar-refractivity contribution < 1.29 is 17.9 Å². The summed E-state index contributed by atoms with van der Waals surface area (Å²) in [6, 6.07) is 9.99. The smallest absolute Gasteiger partial charge is 0.231 e. The normalized spacial score (nSPS) is 27.1. The summed E-state index contributed by atoms with van der Waals surface area (Å²) in [6.45, 7) is 3.44. The van der Waals surface area contributed by atoms with Crippen LogP contribution in [0.2, 0.25) is 0 Å². The van der Waals surface area contributed by atoms with Gasteiger partial charge in [-0.05, 0) is 67.3 Å². The number of benzene rings is 1. The van der Waals surface area contributed by atoms with Crippen LogP contribution in [0.4, 0.5) is 5.82 Å². The molecule has 1 aromatic carbocycles. The molecule has 1 N–H and O–H groups in total. The lowest BCUT2D eigenvalue weighted by Gasteiger charge is -2.21. The first-order valence-corrected chi connectivity index (χ1v) is 14.0. The Hall–Kier alpha value is -2.39. The number of ether oxygens (including phenoxy) is 2. The Morgan fingerprint density at radius 2 is 1.71 bits per heavy atom. The highest BCUT2D eigenvalue weighted by Gasteiger charge is 2.41. The number of rotatable bonds is 6. The second kappa shape index (κ2) is 9.00. The van der Waals surface area contributed by atoms with Gasteiger partial charge in [-0.15, -0.1) is 10.2 Å². The first-order valence-electron chi connectivity index (χ1n) is 12.5. The molecule has 1 saturated heterocycles. The van der Waals surface area contributed by atoms with E-state index in [0.717, 1.165) is 76.1 Å². The molecule has 1 unspecified atom stereocenters. The first-order chi connectivity index (χ1) is 16.5. The summed E-state index contributed by atoms with van der Waals surface area (Å²) in [5.41, 5.74) is 1.26. The van der Waals surface area contributed by atoms with Crippen LogP contribution >= 0.6 is 0 Å². The van der Waals surface area contributed by atoms with E-state index in [2.05, 4.69) is 32.5 Å². The number of nitrogens with zero attached hydrogens (tertiary/aromatic N) is 3. The maximum Gasteiger partial charge on any atom is 0.231 e. The summed E-state index contributed by atoms with van der Waals surface area (Å²) in [4.78, 5) is 2.54. The van der Waals surface area contributed by atoms with Crippen LogP contribution in [0.25, 0.3) is 0 Å². The first kappa shape index (κ1) is 22.1. The lowest BCUT2D eigenvalue weighted by Crippen LogP contribution is -2.26. The van der Waals surface area contributed by atoms with Gasteiger partial charge in [0.15, 0.2) is 26.4 Å². The van der Waals surface area contributed by atoms with Gasteiger partial charge in [0.2, 0.25) is 6.79 Å². The quantitative estimate of drug-likeness (QED) is 0.664. The zero-order valence-electron chi connectivity index (χ0n) is 19.4. The standard InChI is InChI=1S/C25H32N4O4S/c30-34(31,21-4-2-1-3-5-21)25-9-8-24(27-28-25)26-20-11-18-14-29(15-19(18)12-20)13-17-6-7-22-23(10-17)33-16-32-22/h6-10,18-21H,1-5,11-16H2,(H,26,27)/t18-,19?,20+/m1/s1. The average Bonchev–Trinajstić information content (AvgIpc) is 3.55. The van der Waals surface area contributed by atoms with Gasteiger partial charge in [-0.1, -0.05) is 25.3 Å². The van der Waals surface area contributed by atoms with Gasteiger partial charge in [-0.2, -0.15) is 0 Å². The number of hydrogen-bond donors (Lipinski definition) is 1. The van der Waals surface area contributed by atoms with Crippen LogP contribution < -0.4 is 14.8 Å². The number of likely N-dealkylation sites (tertiary alicyclic amines) is 1. The third kappa shape index (κ3) is 4.35. The molecule has 0 amide bonds. The van der Waals surface area contributed by atoms with Crippen LogP contribution in [0.5, 0.6) is 11.5 Å². The second-order valence-electron chi connectivity index (χ2n) is 10.3. The van der Waals surface area contributed by atoms with Crippen molar-refractivity contribution in [2.45, 2.75) is 67.8 Å². The topological polar surface area (TPSA) is 93.7 Å². The summed E-state index contributed by atoms with van der Waals surface area (Å²) < 4.78 is 36.6. The van der Waals surface area contributed by atoms with E-state index in [9.17, 15) is 8.42 Å². The largest absolute Gasteiger partial charge is 0.454 e. The minimum atomic E-state index is -3.38. The molecule has 34 heavy (non-hydrogen) atoms. The monoisotopic (exact) mass is 484 g/mol. The van der Waals surface area contributed by atoms with Crippen molar-refractivity contribution in [3.05, 3.63) is 35.9 Å². The Morgan fingerprint density at radius 1 is 0.941 bits per heavy atom. The van der Waals surface area contributed by atoms with Gasteiger partial charge >= 0.3 is 0 Å².